The Morgan fingerprint density at radius 3 is 2.84 bits per heavy atom. The molecule has 0 saturated carbocycles. The molecule has 0 radical (unpaired) electrons. The van der Waals surface area contributed by atoms with Crippen LogP contribution in [0.25, 0.3) is 0 Å². The van der Waals surface area contributed by atoms with Crippen molar-refractivity contribution in [1.82, 2.24) is 10.3 Å². The van der Waals surface area contributed by atoms with E-state index in [1.165, 1.54) is 0 Å². The molecular formula is C19H23N3O3. The van der Waals surface area contributed by atoms with Crippen LogP contribution in [0.2, 0.25) is 0 Å². The Bertz CT molecular complexity index is 655. The van der Waals surface area contributed by atoms with E-state index in [-0.39, 0.29) is 6.03 Å². The molecular weight excluding hydrogens is 318 g/mol. The lowest BCUT2D eigenvalue weighted by Gasteiger charge is -2.11. The molecule has 1 fully saturated rings. The number of rotatable bonds is 7. The molecule has 2 aromatic rings. The molecule has 132 valence electrons. The van der Waals surface area contributed by atoms with Crippen LogP contribution >= 0.6 is 0 Å². The van der Waals surface area contributed by atoms with Gasteiger partial charge in [0, 0.05) is 43.1 Å². The first-order valence-corrected chi connectivity index (χ1v) is 8.55. The number of ether oxygens (including phenoxy) is 2. The second-order valence-electron chi connectivity index (χ2n) is 6.01. The number of nitrogens with zero attached hydrogens (tertiary/aromatic N) is 1. The van der Waals surface area contributed by atoms with Crippen molar-refractivity contribution in [2.75, 3.05) is 31.7 Å². The summed E-state index contributed by atoms with van der Waals surface area (Å²) in [7, 11) is 0. The van der Waals surface area contributed by atoms with Crippen LogP contribution in [0, 0.1) is 5.92 Å². The van der Waals surface area contributed by atoms with Crippen LogP contribution in [-0.4, -0.2) is 37.4 Å². The number of nitrogens with one attached hydrogen (secondary N) is 2. The summed E-state index contributed by atoms with van der Waals surface area (Å²) in [4.78, 5) is 16.1. The fourth-order valence-electron chi connectivity index (χ4n) is 2.61. The minimum atomic E-state index is -0.198. The molecule has 1 aliphatic heterocycles. The number of hydrogen-bond donors (Lipinski definition) is 2. The van der Waals surface area contributed by atoms with Gasteiger partial charge in [-0.05, 0) is 42.8 Å². The highest BCUT2D eigenvalue weighted by Crippen LogP contribution is 2.16. The van der Waals surface area contributed by atoms with Crippen molar-refractivity contribution >= 4 is 11.7 Å². The maximum atomic E-state index is 11.9. The Morgan fingerprint density at radius 1 is 1.24 bits per heavy atom. The van der Waals surface area contributed by atoms with Gasteiger partial charge < -0.3 is 20.1 Å². The summed E-state index contributed by atoms with van der Waals surface area (Å²) in [6.45, 7) is 2.72. The Kier molecular flexibility index (Phi) is 6.23. The van der Waals surface area contributed by atoms with Gasteiger partial charge in [-0.2, -0.15) is 0 Å². The molecule has 3 rings (SSSR count). The van der Waals surface area contributed by atoms with Gasteiger partial charge in [-0.3, -0.25) is 4.98 Å². The molecule has 1 aliphatic rings. The van der Waals surface area contributed by atoms with E-state index in [1.807, 2.05) is 42.5 Å². The molecule has 1 aromatic heterocycles. The lowest BCUT2D eigenvalue weighted by molar-refractivity contribution is 0.185. The molecule has 6 nitrogen and oxygen atoms in total. The van der Waals surface area contributed by atoms with Crippen molar-refractivity contribution in [3.05, 3.63) is 54.4 Å². The lowest BCUT2D eigenvalue weighted by atomic mass is 10.1. The molecule has 0 spiro atoms. The zero-order chi connectivity index (χ0) is 17.3. The summed E-state index contributed by atoms with van der Waals surface area (Å²) in [6, 6.07) is 13.0. The number of pyridine rings is 1. The molecule has 25 heavy (non-hydrogen) atoms. The van der Waals surface area contributed by atoms with Gasteiger partial charge in [-0.15, -0.1) is 0 Å². The minimum absolute atomic E-state index is 0.198. The predicted molar refractivity (Wildman–Crippen MR) is 95.8 cm³/mol. The number of aromatic nitrogens is 1. The van der Waals surface area contributed by atoms with E-state index < -0.39 is 0 Å². The van der Waals surface area contributed by atoms with Gasteiger partial charge in [-0.1, -0.05) is 6.07 Å². The van der Waals surface area contributed by atoms with Crippen LogP contribution in [0.3, 0.4) is 0 Å². The van der Waals surface area contributed by atoms with E-state index in [2.05, 4.69) is 15.6 Å². The van der Waals surface area contributed by atoms with Crippen molar-refractivity contribution in [3.63, 3.8) is 0 Å². The highest BCUT2D eigenvalue weighted by molar-refractivity contribution is 5.89. The monoisotopic (exact) mass is 341 g/mol. The smallest absolute Gasteiger partial charge is 0.319 e. The summed E-state index contributed by atoms with van der Waals surface area (Å²) in [6.07, 6.45) is 3.54. The maximum absolute atomic E-state index is 11.9. The normalized spacial score (nSPS) is 16.4. The van der Waals surface area contributed by atoms with Crippen molar-refractivity contribution in [1.29, 1.82) is 0 Å². The van der Waals surface area contributed by atoms with Gasteiger partial charge in [-0.25, -0.2) is 4.79 Å². The molecule has 6 heteroatoms. The summed E-state index contributed by atoms with van der Waals surface area (Å²) in [5.74, 6) is 1.19. The van der Waals surface area contributed by atoms with Crippen LogP contribution in [-0.2, 0) is 11.2 Å². The largest absolute Gasteiger partial charge is 0.493 e. The first kappa shape index (κ1) is 17.2. The molecule has 0 unspecified atom stereocenters. The summed E-state index contributed by atoms with van der Waals surface area (Å²) in [5, 5.41) is 5.69. The average Bonchev–Trinajstić information content (AvgIpc) is 3.16. The number of carbonyl (C=O) groups is 1. The summed E-state index contributed by atoms with van der Waals surface area (Å²) < 4.78 is 11.0. The second-order valence-corrected chi connectivity index (χ2v) is 6.01. The highest BCUT2D eigenvalue weighted by Gasteiger charge is 2.16. The Balaban J connectivity index is 1.38. The minimum Gasteiger partial charge on any atom is -0.493 e. The van der Waals surface area contributed by atoms with E-state index in [9.17, 15) is 4.79 Å². The van der Waals surface area contributed by atoms with Gasteiger partial charge in [0.1, 0.15) is 5.75 Å². The van der Waals surface area contributed by atoms with Crippen LogP contribution < -0.4 is 15.4 Å². The van der Waals surface area contributed by atoms with Crippen LogP contribution in [0.15, 0.2) is 48.7 Å². The van der Waals surface area contributed by atoms with Gasteiger partial charge in [0.05, 0.1) is 13.2 Å². The zero-order valence-corrected chi connectivity index (χ0v) is 14.1. The third kappa shape index (κ3) is 5.76. The van der Waals surface area contributed by atoms with Gasteiger partial charge >= 0.3 is 6.03 Å². The maximum Gasteiger partial charge on any atom is 0.319 e. The first-order chi connectivity index (χ1) is 12.3. The van der Waals surface area contributed by atoms with Crippen LogP contribution in [0.4, 0.5) is 10.5 Å². The van der Waals surface area contributed by atoms with Crippen LogP contribution in [0.5, 0.6) is 5.75 Å². The average molecular weight is 341 g/mol. The number of urea groups is 1. The number of carbonyl (C=O) groups excluding carboxylic acids is 1. The van der Waals surface area contributed by atoms with E-state index in [0.29, 0.717) is 19.1 Å². The molecule has 1 atom stereocenters. The molecule has 0 aliphatic carbocycles. The standard InChI is InChI=1S/C19H23N3O3/c23-19(21-13-15-8-11-24-14-15)22-17-4-6-18(7-5-17)25-12-9-16-3-1-2-10-20-16/h1-7,10,15H,8-9,11-14H2,(H2,21,22,23)/t15-/m0/s1. The predicted octanol–water partition coefficient (Wildman–Crippen LogP) is 2.86. The zero-order valence-electron chi connectivity index (χ0n) is 14.1. The number of anilines is 1. The number of benzene rings is 1. The molecule has 1 aromatic carbocycles. The van der Waals surface area contributed by atoms with Crippen molar-refractivity contribution in [2.45, 2.75) is 12.8 Å². The van der Waals surface area contributed by atoms with Gasteiger partial charge in [0.25, 0.3) is 0 Å². The fraction of sp³-hybridized carbons (Fsp3) is 0.368. The molecule has 2 heterocycles. The third-order valence-corrected chi connectivity index (χ3v) is 4.04. The van der Waals surface area contributed by atoms with Crippen molar-refractivity contribution in [3.8, 4) is 5.75 Å². The fourth-order valence-corrected chi connectivity index (χ4v) is 2.61. The van der Waals surface area contributed by atoms with E-state index >= 15 is 0 Å². The Morgan fingerprint density at radius 2 is 2.12 bits per heavy atom. The van der Waals surface area contributed by atoms with Crippen LogP contribution in [0.1, 0.15) is 12.1 Å². The van der Waals surface area contributed by atoms with Crippen molar-refractivity contribution < 1.29 is 14.3 Å². The van der Waals surface area contributed by atoms with Gasteiger partial charge in [0.15, 0.2) is 0 Å². The highest BCUT2D eigenvalue weighted by atomic mass is 16.5. The number of amides is 2. The first-order valence-electron chi connectivity index (χ1n) is 8.55. The van der Waals surface area contributed by atoms with E-state index in [4.69, 9.17) is 9.47 Å². The quantitative estimate of drug-likeness (QED) is 0.812. The Hall–Kier alpha value is -2.60. The molecule has 2 amide bonds. The summed E-state index contributed by atoms with van der Waals surface area (Å²) >= 11 is 0. The number of hydrogen-bond acceptors (Lipinski definition) is 4. The Labute approximate surface area is 147 Å². The lowest BCUT2D eigenvalue weighted by Crippen LogP contribution is -2.33. The van der Waals surface area contributed by atoms with Crippen molar-refractivity contribution in [2.24, 2.45) is 5.92 Å². The second kappa shape index (κ2) is 9.03. The summed E-state index contributed by atoms with van der Waals surface area (Å²) in [5.41, 5.74) is 1.74. The molecule has 2 N–H and O–H groups in total. The SMILES string of the molecule is O=C(NC[C@@H]1CCOC1)Nc1ccc(OCCc2ccccn2)cc1. The van der Waals surface area contributed by atoms with E-state index in [0.717, 1.165) is 43.2 Å². The third-order valence-electron chi connectivity index (χ3n) is 4.04. The topological polar surface area (TPSA) is 72.5 Å². The van der Waals surface area contributed by atoms with Gasteiger partial charge in [0.2, 0.25) is 0 Å². The molecule has 1 saturated heterocycles. The van der Waals surface area contributed by atoms with E-state index in [1.54, 1.807) is 6.20 Å². The molecule has 0 bridgehead atoms.